The van der Waals surface area contributed by atoms with Gasteiger partial charge in [-0.15, -0.1) is 0 Å². The van der Waals surface area contributed by atoms with E-state index in [4.69, 9.17) is 0 Å². The van der Waals surface area contributed by atoms with Crippen LogP contribution in [-0.4, -0.2) is 54.8 Å². The van der Waals surface area contributed by atoms with E-state index < -0.39 is 11.8 Å². The molecule has 1 heterocycles. The van der Waals surface area contributed by atoms with Gasteiger partial charge in [0, 0.05) is 35.4 Å². The molecule has 1 aliphatic heterocycles. The molecule has 0 radical (unpaired) electrons. The zero-order valence-electron chi connectivity index (χ0n) is 10.7. The number of hydrogen-bond acceptors (Lipinski definition) is 3. The van der Waals surface area contributed by atoms with Crippen LogP contribution < -0.4 is 5.32 Å². The maximum atomic E-state index is 12.0. The molecule has 0 spiro atoms. The van der Waals surface area contributed by atoms with Crippen LogP contribution in [0.3, 0.4) is 0 Å². The highest BCUT2D eigenvalue weighted by Gasteiger charge is 2.24. The van der Waals surface area contributed by atoms with Crippen molar-refractivity contribution >= 4 is 40.1 Å². The van der Waals surface area contributed by atoms with Crippen molar-refractivity contribution < 1.29 is 9.59 Å². The molecule has 6 heteroatoms. The quantitative estimate of drug-likeness (QED) is 0.591. The number of piperazine rings is 1. The average Bonchev–Trinajstić information content (AvgIpc) is 2.41. The molecular weight excluding hydrogens is 357 g/mol. The summed E-state index contributed by atoms with van der Waals surface area (Å²) in [6, 6.07) is 7.35. The Labute approximate surface area is 126 Å². The van der Waals surface area contributed by atoms with Crippen molar-refractivity contribution in [2.24, 2.45) is 0 Å². The molecule has 2 rings (SSSR count). The molecule has 1 aromatic rings. The number of carbonyl (C=O) groups excluding carboxylic acids is 2. The summed E-state index contributed by atoms with van der Waals surface area (Å²) in [6.07, 6.45) is 0. The number of rotatable bonds is 1. The normalized spacial score (nSPS) is 16.2. The molecular formula is C13H16IN3O2. The summed E-state index contributed by atoms with van der Waals surface area (Å²) in [5.41, 5.74) is 0.646. The molecule has 19 heavy (non-hydrogen) atoms. The van der Waals surface area contributed by atoms with Gasteiger partial charge in [0.15, 0.2) is 0 Å². The lowest BCUT2D eigenvalue weighted by atomic mass is 10.3. The van der Waals surface area contributed by atoms with Crippen LogP contribution in [0.15, 0.2) is 24.3 Å². The van der Waals surface area contributed by atoms with E-state index in [1.807, 2.05) is 19.2 Å². The number of carbonyl (C=O) groups is 2. The fraction of sp³-hybridized carbons (Fsp3) is 0.385. The zero-order valence-corrected chi connectivity index (χ0v) is 12.9. The molecule has 1 fully saturated rings. The maximum Gasteiger partial charge on any atom is 0.313 e. The van der Waals surface area contributed by atoms with Crippen LogP contribution in [0.4, 0.5) is 5.69 Å². The molecule has 102 valence electrons. The minimum Gasteiger partial charge on any atom is -0.332 e. The summed E-state index contributed by atoms with van der Waals surface area (Å²) in [5.74, 6) is -1.02. The molecule has 0 aliphatic carbocycles. The first-order chi connectivity index (χ1) is 9.06. The largest absolute Gasteiger partial charge is 0.332 e. The molecule has 1 aromatic carbocycles. The first kappa shape index (κ1) is 14.3. The number of nitrogens with one attached hydrogen (secondary N) is 1. The Hall–Kier alpha value is -1.15. The Morgan fingerprint density at radius 2 is 1.68 bits per heavy atom. The van der Waals surface area contributed by atoms with Gasteiger partial charge in [0.05, 0.1) is 0 Å². The van der Waals surface area contributed by atoms with Crippen molar-refractivity contribution in [2.75, 3.05) is 38.5 Å². The third-order valence-corrected chi connectivity index (χ3v) is 3.81. The first-order valence-electron chi connectivity index (χ1n) is 6.10. The molecule has 1 aliphatic rings. The summed E-state index contributed by atoms with van der Waals surface area (Å²) >= 11 is 2.19. The highest BCUT2D eigenvalue weighted by molar-refractivity contribution is 14.1. The first-order valence-corrected chi connectivity index (χ1v) is 7.18. The number of anilines is 1. The minimum absolute atomic E-state index is 0.452. The van der Waals surface area contributed by atoms with Gasteiger partial charge in [-0.1, -0.05) is 0 Å². The summed E-state index contributed by atoms with van der Waals surface area (Å²) in [5, 5.41) is 2.63. The number of nitrogens with zero attached hydrogens (tertiary/aromatic N) is 2. The number of benzene rings is 1. The molecule has 0 unspecified atom stereocenters. The Morgan fingerprint density at radius 1 is 1.11 bits per heavy atom. The Balaban J connectivity index is 1.92. The van der Waals surface area contributed by atoms with Crippen molar-refractivity contribution in [3.05, 3.63) is 27.8 Å². The van der Waals surface area contributed by atoms with Gasteiger partial charge >= 0.3 is 11.8 Å². The minimum atomic E-state index is -0.564. The van der Waals surface area contributed by atoms with Gasteiger partial charge in [-0.05, 0) is 53.9 Å². The van der Waals surface area contributed by atoms with Crippen molar-refractivity contribution in [2.45, 2.75) is 0 Å². The van der Waals surface area contributed by atoms with Gasteiger partial charge in [-0.25, -0.2) is 0 Å². The fourth-order valence-electron chi connectivity index (χ4n) is 1.87. The molecule has 0 atom stereocenters. The molecule has 1 saturated heterocycles. The SMILES string of the molecule is CN1CCN(C(=O)C(=O)Nc2ccc(I)cc2)CC1. The summed E-state index contributed by atoms with van der Waals surface area (Å²) in [7, 11) is 2.01. The van der Waals surface area contributed by atoms with Crippen molar-refractivity contribution in [3.8, 4) is 0 Å². The lowest BCUT2D eigenvalue weighted by Crippen LogP contribution is -2.50. The van der Waals surface area contributed by atoms with Gasteiger partial charge in [0.25, 0.3) is 0 Å². The van der Waals surface area contributed by atoms with Crippen LogP contribution >= 0.6 is 22.6 Å². The van der Waals surface area contributed by atoms with E-state index in [0.717, 1.165) is 16.7 Å². The van der Waals surface area contributed by atoms with Gasteiger partial charge < -0.3 is 15.1 Å². The van der Waals surface area contributed by atoms with Gasteiger partial charge in [0.1, 0.15) is 0 Å². The lowest BCUT2D eigenvalue weighted by Gasteiger charge is -2.31. The standard InChI is InChI=1S/C13H16IN3O2/c1-16-6-8-17(9-7-16)13(19)12(18)15-11-4-2-10(14)3-5-11/h2-5H,6-9H2,1H3,(H,15,18). The third-order valence-electron chi connectivity index (χ3n) is 3.09. The monoisotopic (exact) mass is 373 g/mol. The number of halogens is 1. The highest BCUT2D eigenvalue weighted by Crippen LogP contribution is 2.11. The molecule has 1 N–H and O–H groups in total. The summed E-state index contributed by atoms with van der Waals surface area (Å²) in [6.45, 7) is 2.83. The maximum absolute atomic E-state index is 12.0. The summed E-state index contributed by atoms with van der Waals surface area (Å²) in [4.78, 5) is 27.6. The van der Waals surface area contributed by atoms with Crippen LogP contribution in [0, 0.1) is 3.57 Å². The van der Waals surface area contributed by atoms with E-state index in [2.05, 4.69) is 32.8 Å². The molecule has 0 aromatic heterocycles. The molecule has 2 amide bonds. The molecule has 0 bridgehead atoms. The van der Waals surface area contributed by atoms with E-state index in [-0.39, 0.29) is 0 Å². The number of hydrogen-bond donors (Lipinski definition) is 1. The van der Waals surface area contributed by atoms with Crippen LogP contribution in [0.5, 0.6) is 0 Å². The second-order valence-electron chi connectivity index (χ2n) is 4.56. The Bertz CT molecular complexity index is 467. The Morgan fingerprint density at radius 3 is 2.26 bits per heavy atom. The predicted octanol–water partition coefficient (Wildman–Crippen LogP) is 1.00. The summed E-state index contributed by atoms with van der Waals surface area (Å²) < 4.78 is 1.08. The van der Waals surface area contributed by atoms with Crippen molar-refractivity contribution in [1.82, 2.24) is 9.80 Å². The van der Waals surface area contributed by atoms with E-state index >= 15 is 0 Å². The van der Waals surface area contributed by atoms with Crippen LogP contribution in [0.25, 0.3) is 0 Å². The molecule has 5 nitrogen and oxygen atoms in total. The fourth-order valence-corrected chi connectivity index (χ4v) is 2.23. The molecule has 0 saturated carbocycles. The van der Waals surface area contributed by atoms with Crippen molar-refractivity contribution in [3.63, 3.8) is 0 Å². The van der Waals surface area contributed by atoms with Crippen LogP contribution in [-0.2, 0) is 9.59 Å². The van der Waals surface area contributed by atoms with Crippen LogP contribution in [0.1, 0.15) is 0 Å². The highest BCUT2D eigenvalue weighted by atomic mass is 127. The third kappa shape index (κ3) is 3.90. The average molecular weight is 373 g/mol. The van der Waals surface area contributed by atoms with Gasteiger partial charge in [-0.2, -0.15) is 0 Å². The van der Waals surface area contributed by atoms with Crippen LogP contribution in [0.2, 0.25) is 0 Å². The van der Waals surface area contributed by atoms with E-state index in [9.17, 15) is 9.59 Å². The van der Waals surface area contributed by atoms with E-state index in [1.54, 1.807) is 17.0 Å². The number of likely N-dealkylation sites (N-methyl/N-ethyl adjacent to an activating group) is 1. The number of amides is 2. The topological polar surface area (TPSA) is 52.7 Å². The lowest BCUT2D eigenvalue weighted by molar-refractivity contribution is -0.144. The van der Waals surface area contributed by atoms with E-state index in [1.165, 1.54) is 0 Å². The van der Waals surface area contributed by atoms with Gasteiger partial charge in [0.2, 0.25) is 0 Å². The Kier molecular flexibility index (Phi) is 4.76. The second-order valence-corrected chi connectivity index (χ2v) is 5.80. The zero-order chi connectivity index (χ0) is 13.8. The smallest absolute Gasteiger partial charge is 0.313 e. The van der Waals surface area contributed by atoms with E-state index in [0.29, 0.717) is 18.8 Å². The van der Waals surface area contributed by atoms with Crippen molar-refractivity contribution in [1.29, 1.82) is 0 Å². The van der Waals surface area contributed by atoms with Gasteiger partial charge in [-0.3, -0.25) is 9.59 Å². The predicted molar refractivity (Wildman–Crippen MR) is 81.9 cm³/mol. The second kappa shape index (κ2) is 6.33.